The van der Waals surface area contributed by atoms with E-state index in [1.54, 1.807) is 18.0 Å². The third-order valence-corrected chi connectivity index (χ3v) is 3.41. The molecule has 2 aromatic rings. The lowest BCUT2D eigenvalue weighted by Gasteiger charge is -2.17. The number of rotatable bonds is 5. The van der Waals surface area contributed by atoms with Gasteiger partial charge < -0.3 is 4.90 Å². The summed E-state index contributed by atoms with van der Waals surface area (Å²) in [7, 11) is 1.69. The van der Waals surface area contributed by atoms with Crippen molar-refractivity contribution in [2.45, 2.75) is 26.4 Å². The molecule has 0 aliphatic carbocycles. The molecule has 0 radical (unpaired) electrons. The first kappa shape index (κ1) is 16.2. The molecule has 1 aromatic heterocycles. The minimum Gasteiger partial charge on any atom is -0.336 e. The van der Waals surface area contributed by atoms with Crippen LogP contribution in [0.3, 0.4) is 0 Å². The maximum atomic E-state index is 12.4. The maximum Gasteiger partial charge on any atom is 0.274 e. The summed E-state index contributed by atoms with van der Waals surface area (Å²) < 4.78 is 1.32. The fourth-order valence-electron chi connectivity index (χ4n) is 2.11. The molecule has 0 spiro atoms. The highest BCUT2D eigenvalue weighted by atomic mass is 35.5. The van der Waals surface area contributed by atoms with Gasteiger partial charge in [-0.1, -0.05) is 30.7 Å². The van der Waals surface area contributed by atoms with Gasteiger partial charge in [0.1, 0.15) is 5.69 Å². The second-order valence-corrected chi connectivity index (χ2v) is 5.51. The van der Waals surface area contributed by atoms with Crippen LogP contribution in [0.1, 0.15) is 29.4 Å². The van der Waals surface area contributed by atoms with Crippen LogP contribution in [0.15, 0.2) is 41.2 Å². The molecule has 1 amide bonds. The van der Waals surface area contributed by atoms with Gasteiger partial charge in [-0.25, -0.2) is 4.68 Å². The van der Waals surface area contributed by atoms with Gasteiger partial charge >= 0.3 is 0 Å². The van der Waals surface area contributed by atoms with Crippen LogP contribution in [0, 0.1) is 0 Å². The monoisotopic (exact) mass is 319 g/mol. The molecule has 0 aliphatic heterocycles. The van der Waals surface area contributed by atoms with Crippen molar-refractivity contribution in [1.29, 1.82) is 0 Å². The minimum absolute atomic E-state index is 0.198. The summed E-state index contributed by atoms with van der Waals surface area (Å²) >= 11 is 5.94. The van der Waals surface area contributed by atoms with E-state index in [-0.39, 0.29) is 17.2 Å². The van der Waals surface area contributed by atoms with Crippen LogP contribution < -0.4 is 5.56 Å². The molecule has 22 heavy (non-hydrogen) atoms. The van der Waals surface area contributed by atoms with E-state index in [1.165, 1.54) is 16.8 Å². The number of amides is 1. The van der Waals surface area contributed by atoms with E-state index in [2.05, 4.69) is 5.10 Å². The summed E-state index contributed by atoms with van der Waals surface area (Å²) in [6.07, 6.45) is 0.781. The third-order valence-electron chi connectivity index (χ3n) is 3.18. The fourth-order valence-corrected chi connectivity index (χ4v) is 2.32. The number of nitrogens with zero attached hydrogens (tertiary/aromatic N) is 3. The first-order valence-corrected chi connectivity index (χ1v) is 7.47. The fraction of sp³-hybridized carbons (Fsp3) is 0.312. The molecule has 0 unspecified atom stereocenters. The molecule has 1 aromatic carbocycles. The Kier molecular flexibility index (Phi) is 5.33. The number of benzene rings is 1. The van der Waals surface area contributed by atoms with E-state index in [0.29, 0.717) is 18.1 Å². The first-order valence-electron chi connectivity index (χ1n) is 7.09. The Morgan fingerprint density at radius 2 is 2.09 bits per heavy atom. The van der Waals surface area contributed by atoms with Crippen molar-refractivity contribution in [3.05, 3.63) is 63.0 Å². The Morgan fingerprint density at radius 3 is 2.77 bits per heavy atom. The van der Waals surface area contributed by atoms with E-state index in [1.807, 2.05) is 25.1 Å². The second-order valence-electron chi connectivity index (χ2n) is 5.07. The van der Waals surface area contributed by atoms with Crippen molar-refractivity contribution in [3.8, 4) is 0 Å². The van der Waals surface area contributed by atoms with Crippen molar-refractivity contribution >= 4 is 17.5 Å². The lowest BCUT2D eigenvalue weighted by molar-refractivity contribution is 0.0776. The van der Waals surface area contributed by atoms with E-state index >= 15 is 0 Å². The highest BCUT2D eigenvalue weighted by Gasteiger charge is 2.15. The minimum atomic E-state index is -0.232. The van der Waals surface area contributed by atoms with Crippen LogP contribution in [-0.4, -0.2) is 27.6 Å². The number of aryl methyl sites for hydroxylation is 1. The van der Waals surface area contributed by atoms with Crippen molar-refractivity contribution in [2.24, 2.45) is 0 Å². The average Bonchev–Trinajstić information content (AvgIpc) is 2.49. The lowest BCUT2D eigenvalue weighted by Crippen LogP contribution is -2.31. The molecular weight excluding hydrogens is 302 g/mol. The van der Waals surface area contributed by atoms with Gasteiger partial charge in [-0.3, -0.25) is 9.59 Å². The number of carbonyl (C=O) groups excluding carboxylic acids is 1. The molecule has 0 N–H and O–H groups in total. The van der Waals surface area contributed by atoms with Crippen LogP contribution in [0.4, 0.5) is 0 Å². The van der Waals surface area contributed by atoms with E-state index in [9.17, 15) is 9.59 Å². The highest BCUT2D eigenvalue weighted by molar-refractivity contribution is 6.30. The molecule has 116 valence electrons. The van der Waals surface area contributed by atoms with Gasteiger partial charge in [-0.15, -0.1) is 0 Å². The number of hydrogen-bond acceptors (Lipinski definition) is 3. The Morgan fingerprint density at radius 1 is 1.32 bits per heavy atom. The Bertz CT molecular complexity index is 727. The number of aromatic nitrogens is 2. The Balaban J connectivity index is 2.16. The quantitative estimate of drug-likeness (QED) is 0.851. The lowest BCUT2D eigenvalue weighted by atomic mass is 10.2. The first-order chi connectivity index (χ1) is 10.5. The molecule has 0 aliphatic rings. The van der Waals surface area contributed by atoms with Gasteiger partial charge in [-0.05, 0) is 30.2 Å². The van der Waals surface area contributed by atoms with Crippen molar-refractivity contribution in [1.82, 2.24) is 14.7 Å². The zero-order valence-corrected chi connectivity index (χ0v) is 13.4. The SMILES string of the molecule is CCCn1nc(C(=O)N(C)Cc2cccc(Cl)c2)ccc1=O. The average molecular weight is 320 g/mol. The van der Waals surface area contributed by atoms with Gasteiger partial charge in [0, 0.05) is 31.2 Å². The predicted molar refractivity (Wildman–Crippen MR) is 86.0 cm³/mol. The third kappa shape index (κ3) is 3.95. The molecule has 1 heterocycles. The van der Waals surface area contributed by atoms with Crippen molar-refractivity contribution < 1.29 is 4.79 Å². The van der Waals surface area contributed by atoms with E-state index < -0.39 is 0 Å². The molecule has 0 saturated heterocycles. The summed E-state index contributed by atoms with van der Waals surface area (Å²) in [5.41, 5.74) is 0.999. The van der Waals surface area contributed by atoms with Crippen LogP contribution in [0.5, 0.6) is 0 Å². The number of hydrogen-bond donors (Lipinski definition) is 0. The Hall–Kier alpha value is -2.14. The van der Waals surface area contributed by atoms with Crippen molar-refractivity contribution in [2.75, 3.05) is 7.05 Å². The Labute approximate surface area is 134 Å². The van der Waals surface area contributed by atoms with E-state index in [0.717, 1.165) is 12.0 Å². The topological polar surface area (TPSA) is 55.2 Å². The summed E-state index contributed by atoms with van der Waals surface area (Å²) in [4.78, 5) is 25.6. The summed E-state index contributed by atoms with van der Waals surface area (Å²) in [6.45, 7) is 2.87. The zero-order chi connectivity index (χ0) is 16.1. The van der Waals surface area contributed by atoms with Gasteiger partial charge in [-0.2, -0.15) is 5.10 Å². The number of halogens is 1. The molecule has 6 heteroatoms. The number of carbonyl (C=O) groups is 1. The molecule has 0 bridgehead atoms. The van der Waals surface area contributed by atoms with Gasteiger partial charge in [0.05, 0.1) is 0 Å². The van der Waals surface area contributed by atoms with Crippen molar-refractivity contribution in [3.63, 3.8) is 0 Å². The predicted octanol–water partition coefficient (Wildman–Crippen LogP) is 2.58. The molecule has 0 fully saturated rings. The maximum absolute atomic E-state index is 12.4. The van der Waals surface area contributed by atoms with Gasteiger partial charge in [0.2, 0.25) is 0 Å². The van der Waals surface area contributed by atoms with Crippen LogP contribution >= 0.6 is 11.6 Å². The van der Waals surface area contributed by atoms with Crippen LogP contribution in [0.2, 0.25) is 5.02 Å². The van der Waals surface area contributed by atoms with Crippen LogP contribution in [-0.2, 0) is 13.1 Å². The smallest absolute Gasteiger partial charge is 0.274 e. The second kappa shape index (κ2) is 7.22. The summed E-state index contributed by atoms with van der Waals surface area (Å²) in [6, 6.07) is 10.2. The highest BCUT2D eigenvalue weighted by Crippen LogP contribution is 2.13. The molecule has 0 atom stereocenters. The standard InChI is InChI=1S/C16H18ClN3O2/c1-3-9-20-15(21)8-7-14(18-20)16(22)19(2)11-12-5-4-6-13(17)10-12/h4-8,10H,3,9,11H2,1-2H3. The molecule has 2 rings (SSSR count). The molecular formula is C16H18ClN3O2. The molecule has 0 saturated carbocycles. The summed E-state index contributed by atoms with van der Waals surface area (Å²) in [5.74, 6) is -0.232. The zero-order valence-electron chi connectivity index (χ0n) is 12.6. The molecule has 5 nitrogen and oxygen atoms in total. The summed E-state index contributed by atoms with van der Waals surface area (Å²) in [5, 5.41) is 4.76. The van der Waals surface area contributed by atoms with Gasteiger partial charge in [0.15, 0.2) is 0 Å². The van der Waals surface area contributed by atoms with E-state index in [4.69, 9.17) is 11.6 Å². The van der Waals surface area contributed by atoms with Crippen LogP contribution in [0.25, 0.3) is 0 Å². The normalized spacial score (nSPS) is 10.5. The largest absolute Gasteiger partial charge is 0.336 e. The van der Waals surface area contributed by atoms with Gasteiger partial charge in [0.25, 0.3) is 11.5 Å².